The number of hydrogen-bond donors (Lipinski definition) is 2. The van der Waals surface area contributed by atoms with Gasteiger partial charge in [0, 0.05) is 12.8 Å². The quantitative estimate of drug-likeness (QED) is 0.466. The van der Waals surface area contributed by atoms with Crippen LogP contribution in [0, 0.1) is 0 Å². The number of aliphatic carboxylic acids is 1. The molecule has 22 heavy (non-hydrogen) atoms. The largest absolute Gasteiger partial charge is 0.481 e. The van der Waals surface area contributed by atoms with Crippen molar-refractivity contribution in [3.05, 3.63) is 13.2 Å². The smallest absolute Gasteiger partial charge is 0.330 e. The van der Waals surface area contributed by atoms with Gasteiger partial charge in [0.1, 0.15) is 0 Å². The van der Waals surface area contributed by atoms with Gasteiger partial charge in [0.25, 0.3) is 0 Å². The molecule has 132 valence electrons. The van der Waals surface area contributed by atoms with Gasteiger partial charge in [0.05, 0.1) is 19.4 Å². The van der Waals surface area contributed by atoms with E-state index < -0.39 is 19.5 Å². The van der Waals surface area contributed by atoms with Gasteiger partial charge in [0.15, 0.2) is 0 Å². The van der Waals surface area contributed by atoms with E-state index in [0.717, 1.165) is 6.42 Å². The fourth-order valence-electron chi connectivity index (χ4n) is 1.22. The minimum absolute atomic E-state index is 0.212. The molecule has 8 heteroatoms. The van der Waals surface area contributed by atoms with Crippen molar-refractivity contribution < 1.29 is 28.3 Å². The molecule has 0 atom stereocenters. The summed E-state index contributed by atoms with van der Waals surface area (Å²) in [6, 6.07) is 0. The monoisotopic (exact) mass is 339 g/mol. The number of carbonyl (C=O) groups is 2. The van der Waals surface area contributed by atoms with Crippen LogP contribution in [-0.4, -0.2) is 36.4 Å². The number of carboxylic acids is 1. The van der Waals surface area contributed by atoms with E-state index in [1.165, 1.54) is 0 Å². The van der Waals surface area contributed by atoms with Crippen molar-refractivity contribution in [1.29, 1.82) is 0 Å². The van der Waals surface area contributed by atoms with Crippen LogP contribution in [0.1, 0.15) is 46.5 Å². The molecule has 0 unspecified atom stereocenters. The van der Waals surface area contributed by atoms with Gasteiger partial charge in [-0.2, -0.15) is 0 Å². The highest BCUT2D eigenvalue weighted by atomic mass is 31.2. The molecule has 0 spiro atoms. The third kappa shape index (κ3) is 21.1. The van der Waals surface area contributed by atoms with E-state index in [2.05, 4.69) is 13.2 Å². The van der Waals surface area contributed by atoms with Crippen LogP contribution in [0.5, 0.6) is 0 Å². The summed E-state index contributed by atoms with van der Waals surface area (Å²) in [5.41, 5.74) is 4.96. The maximum absolute atomic E-state index is 11.8. The number of carbonyl (C=O) groups excluding carboxylic acids is 1. The van der Waals surface area contributed by atoms with Crippen molar-refractivity contribution in [2.45, 2.75) is 46.5 Å². The molecule has 0 radical (unpaired) electrons. The van der Waals surface area contributed by atoms with E-state index in [0.29, 0.717) is 26.1 Å². The molecule has 0 saturated carbocycles. The van der Waals surface area contributed by atoms with Gasteiger partial charge in [-0.1, -0.05) is 6.92 Å². The van der Waals surface area contributed by atoms with Crippen molar-refractivity contribution in [3.8, 4) is 0 Å². The lowest BCUT2D eigenvalue weighted by Crippen LogP contribution is -2.11. The third-order valence-corrected chi connectivity index (χ3v) is 4.14. The molecule has 0 saturated heterocycles. The van der Waals surface area contributed by atoms with Crippen molar-refractivity contribution in [3.63, 3.8) is 0 Å². The summed E-state index contributed by atoms with van der Waals surface area (Å²) in [6.45, 7) is 12.0. The van der Waals surface area contributed by atoms with Gasteiger partial charge in [0.2, 0.25) is 5.91 Å². The van der Waals surface area contributed by atoms with Crippen LogP contribution in [0.3, 0.4) is 0 Å². The number of hydrogen-bond acceptors (Lipinski definition) is 5. The number of primary amides is 1. The normalized spacial score (nSPS) is 9.77. The molecule has 0 heterocycles. The zero-order valence-electron chi connectivity index (χ0n) is 13.9. The molecular formula is C14H30NO6P. The zero-order chi connectivity index (χ0) is 18.0. The lowest BCUT2D eigenvalue weighted by Gasteiger charge is -2.16. The highest BCUT2D eigenvalue weighted by Crippen LogP contribution is 2.48. The van der Waals surface area contributed by atoms with Crippen LogP contribution in [0.15, 0.2) is 13.2 Å². The molecule has 3 N–H and O–H groups in total. The van der Waals surface area contributed by atoms with Crippen LogP contribution in [-0.2, 0) is 23.2 Å². The van der Waals surface area contributed by atoms with Crippen LogP contribution < -0.4 is 5.73 Å². The summed E-state index contributed by atoms with van der Waals surface area (Å²) in [7, 11) is -2.98. The van der Waals surface area contributed by atoms with Crippen LogP contribution in [0.2, 0.25) is 0 Å². The molecule has 0 aromatic heterocycles. The van der Waals surface area contributed by atoms with E-state index in [9.17, 15) is 14.2 Å². The molecule has 0 rings (SSSR count). The van der Waals surface area contributed by atoms with E-state index in [-0.39, 0.29) is 12.6 Å². The summed E-state index contributed by atoms with van der Waals surface area (Å²) < 4.78 is 21.9. The molecule has 0 bridgehead atoms. The van der Waals surface area contributed by atoms with Crippen molar-refractivity contribution in [2.75, 3.05) is 19.4 Å². The van der Waals surface area contributed by atoms with Crippen molar-refractivity contribution in [1.82, 2.24) is 0 Å². The highest BCUT2D eigenvalue weighted by Gasteiger charge is 2.22. The lowest BCUT2D eigenvalue weighted by molar-refractivity contribution is -0.137. The first kappa shape index (κ1) is 25.8. The fraction of sp³-hybridized carbons (Fsp3) is 0.714. The van der Waals surface area contributed by atoms with E-state index in [1.807, 2.05) is 6.92 Å². The Kier molecular flexibility index (Phi) is 20.9. The van der Waals surface area contributed by atoms with E-state index in [1.54, 1.807) is 13.8 Å². The van der Waals surface area contributed by atoms with Gasteiger partial charge in [-0.15, -0.1) is 13.2 Å². The second kappa shape index (κ2) is 17.9. The average Bonchev–Trinajstić information content (AvgIpc) is 2.41. The fourth-order valence-corrected chi connectivity index (χ4v) is 2.89. The molecule has 7 nitrogen and oxygen atoms in total. The Bertz CT molecular complexity index is 325. The average molecular weight is 339 g/mol. The first-order valence-corrected chi connectivity index (χ1v) is 8.92. The summed E-state index contributed by atoms with van der Waals surface area (Å²) in [5.74, 6) is -1.11. The first-order valence-electron chi connectivity index (χ1n) is 7.19. The van der Waals surface area contributed by atoms with Crippen LogP contribution >= 0.6 is 7.60 Å². The van der Waals surface area contributed by atoms with Crippen molar-refractivity contribution in [2.24, 2.45) is 5.73 Å². The third-order valence-electron chi connectivity index (χ3n) is 1.97. The SMILES string of the molecule is C=C.CCCC(=O)O.CCOP(=O)(CCCC(N)=O)OCC. The lowest BCUT2D eigenvalue weighted by atomic mass is 10.3. The molecule has 0 fully saturated rings. The Hall–Kier alpha value is -1.17. The number of nitrogens with two attached hydrogens (primary N) is 1. The maximum Gasteiger partial charge on any atom is 0.330 e. The Morgan fingerprint density at radius 2 is 1.55 bits per heavy atom. The second-order valence-electron chi connectivity index (χ2n) is 3.88. The molecular weight excluding hydrogens is 309 g/mol. The maximum atomic E-state index is 11.8. The zero-order valence-corrected chi connectivity index (χ0v) is 14.8. The standard InChI is InChI=1S/C8H18NO4P.C4H8O2.C2H4/c1-3-12-14(11,13-4-2)7-5-6-8(9)10;1-2-3-4(5)6;1-2/h3-7H2,1-2H3,(H2,9,10);2-3H2,1H3,(H,5,6);1-2H2. The van der Waals surface area contributed by atoms with Gasteiger partial charge >= 0.3 is 13.6 Å². The van der Waals surface area contributed by atoms with Gasteiger partial charge in [-0.3, -0.25) is 14.2 Å². The predicted molar refractivity (Wildman–Crippen MR) is 88.0 cm³/mol. The van der Waals surface area contributed by atoms with E-state index in [4.69, 9.17) is 19.9 Å². The summed E-state index contributed by atoms with van der Waals surface area (Å²) >= 11 is 0. The van der Waals surface area contributed by atoms with E-state index >= 15 is 0 Å². The van der Waals surface area contributed by atoms with Gasteiger partial charge in [-0.25, -0.2) is 0 Å². The first-order chi connectivity index (χ1) is 10.3. The molecule has 1 amide bonds. The molecule has 0 aliphatic carbocycles. The van der Waals surface area contributed by atoms with Crippen LogP contribution in [0.4, 0.5) is 0 Å². The highest BCUT2D eigenvalue weighted by molar-refractivity contribution is 7.53. The predicted octanol–water partition coefficient (Wildman–Crippen LogP) is 3.19. The van der Waals surface area contributed by atoms with Gasteiger partial charge < -0.3 is 19.9 Å². The Balaban J connectivity index is -0.000000378. The number of carboxylic acid groups (broad SMARTS) is 1. The summed E-state index contributed by atoms with van der Waals surface area (Å²) in [4.78, 5) is 20.1. The Morgan fingerprint density at radius 3 is 1.77 bits per heavy atom. The topological polar surface area (TPSA) is 116 Å². The minimum Gasteiger partial charge on any atom is -0.481 e. The molecule has 0 aliphatic heterocycles. The minimum atomic E-state index is -2.98. The Morgan fingerprint density at radius 1 is 1.09 bits per heavy atom. The second-order valence-corrected chi connectivity index (χ2v) is 6.07. The van der Waals surface area contributed by atoms with Gasteiger partial charge in [-0.05, 0) is 26.7 Å². The van der Waals surface area contributed by atoms with Crippen LogP contribution in [0.25, 0.3) is 0 Å². The Labute approximate surface area is 133 Å². The van der Waals surface area contributed by atoms with Crippen molar-refractivity contribution >= 4 is 19.5 Å². The summed E-state index contributed by atoms with van der Waals surface area (Å²) in [5, 5.41) is 7.91. The number of rotatable bonds is 10. The molecule has 0 aliphatic rings. The summed E-state index contributed by atoms with van der Waals surface area (Å²) in [6.07, 6.45) is 1.92. The molecule has 0 aromatic rings. The molecule has 0 aromatic carbocycles. The number of amides is 1.